The summed E-state index contributed by atoms with van der Waals surface area (Å²) in [7, 11) is -2.65. The second kappa shape index (κ2) is 5.43. The number of sulfonamides is 1. The lowest BCUT2D eigenvalue weighted by atomic mass is 10.2. The van der Waals surface area contributed by atoms with E-state index in [9.17, 15) is 13.2 Å². The first-order valence-electron chi connectivity index (χ1n) is 5.15. The molecule has 0 aliphatic carbocycles. The Labute approximate surface area is 118 Å². The van der Waals surface area contributed by atoms with Crippen molar-refractivity contribution in [3.05, 3.63) is 30.0 Å². The average molecular weight is 315 g/mol. The van der Waals surface area contributed by atoms with Gasteiger partial charge in [0.25, 0.3) is 10.0 Å². The first-order valence-corrected chi connectivity index (χ1v) is 7.41. The van der Waals surface area contributed by atoms with Crippen molar-refractivity contribution in [2.24, 2.45) is 0 Å². The fraction of sp³-hybridized carbons (Fsp3) is 0.100. The molecular weight excluding hydrogens is 306 g/mol. The highest BCUT2D eigenvalue weighted by atomic mass is 32.2. The van der Waals surface area contributed by atoms with Crippen molar-refractivity contribution in [1.82, 2.24) is 9.59 Å². The molecule has 0 fully saturated rings. The van der Waals surface area contributed by atoms with Gasteiger partial charge in [0.05, 0.1) is 18.9 Å². The zero-order chi connectivity index (χ0) is 14.8. The molecule has 2 N–H and O–H groups in total. The van der Waals surface area contributed by atoms with Crippen molar-refractivity contribution in [3.8, 4) is 5.75 Å². The average Bonchev–Trinajstić information content (AvgIpc) is 2.89. The van der Waals surface area contributed by atoms with Crippen LogP contribution in [-0.2, 0) is 10.0 Å². The van der Waals surface area contributed by atoms with Crippen LogP contribution >= 0.6 is 11.5 Å². The first-order chi connectivity index (χ1) is 9.44. The third kappa shape index (κ3) is 2.86. The van der Waals surface area contributed by atoms with Crippen LogP contribution in [0.3, 0.4) is 0 Å². The number of aromatic carboxylic acids is 1. The van der Waals surface area contributed by atoms with Gasteiger partial charge in [0.1, 0.15) is 15.6 Å². The molecule has 106 valence electrons. The molecule has 8 nitrogen and oxygen atoms in total. The number of hydrogen-bond donors (Lipinski definition) is 2. The zero-order valence-corrected chi connectivity index (χ0v) is 11.7. The van der Waals surface area contributed by atoms with Gasteiger partial charge in [-0.1, -0.05) is 4.49 Å². The van der Waals surface area contributed by atoms with Crippen molar-refractivity contribution in [1.29, 1.82) is 0 Å². The Hall–Kier alpha value is -2.20. The van der Waals surface area contributed by atoms with Crippen molar-refractivity contribution in [2.75, 3.05) is 11.8 Å². The van der Waals surface area contributed by atoms with Crippen LogP contribution in [0.15, 0.2) is 29.3 Å². The molecule has 1 heterocycles. The van der Waals surface area contributed by atoms with E-state index in [2.05, 4.69) is 14.3 Å². The largest absolute Gasteiger partial charge is 0.495 e. The second-order valence-electron chi connectivity index (χ2n) is 3.56. The summed E-state index contributed by atoms with van der Waals surface area (Å²) in [5, 5.41) is 12.6. The standard InChI is InChI=1S/C10H9N3O5S2/c1-18-7-4-6(10(14)15)2-3-8(7)20(16,17)12-9-5-11-13-19-9/h2-5,12H,1H3,(H,14,15). The number of carboxylic acid groups (broad SMARTS) is 1. The molecule has 20 heavy (non-hydrogen) atoms. The summed E-state index contributed by atoms with van der Waals surface area (Å²) in [5.41, 5.74) is -0.0692. The smallest absolute Gasteiger partial charge is 0.335 e. The van der Waals surface area contributed by atoms with Crippen LogP contribution in [0.1, 0.15) is 10.4 Å². The van der Waals surface area contributed by atoms with Crippen LogP contribution in [0.25, 0.3) is 0 Å². The van der Waals surface area contributed by atoms with Gasteiger partial charge in [0.15, 0.2) is 0 Å². The van der Waals surface area contributed by atoms with E-state index in [-0.39, 0.29) is 21.2 Å². The number of carbonyl (C=O) groups is 1. The Bertz CT molecular complexity index is 727. The molecule has 0 aliphatic rings. The van der Waals surface area contributed by atoms with E-state index < -0.39 is 16.0 Å². The number of nitrogens with one attached hydrogen (secondary N) is 1. The van der Waals surface area contributed by atoms with E-state index >= 15 is 0 Å². The number of aromatic nitrogens is 2. The molecule has 0 amide bonds. The predicted octanol–water partition coefficient (Wildman–Crippen LogP) is 1.05. The van der Waals surface area contributed by atoms with Crippen LogP contribution in [0.2, 0.25) is 0 Å². The molecule has 0 spiro atoms. The lowest BCUT2D eigenvalue weighted by molar-refractivity contribution is 0.0696. The Morgan fingerprint density at radius 1 is 1.45 bits per heavy atom. The molecule has 0 saturated carbocycles. The lowest BCUT2D eigenvalue weighted by Gasteiger charge is -2.10. The maximum absolute atomic E-state index is 12.2. The van der Waals surface area contributed by atoms with E-state index in [4.69, 9.17) is 9.84 Å². The number of ether oxygens (including phenoxy) is 1. The van der Waals surface area contributed by atoms with E-state index in [0.717, 1.165) is 17.6 Å². The fourth-order valence-corrected chi connectivity index (χ4v) is 3.26. The molecular formula is C10H9N3O5S2. The van der Waals surface area contributed by atoms with Gasteiger partial charge in [-0.05, 0) is 18.2 Å². The Morgan fingerprint density at radius 3 is 2.75 bits per heavy atom. The molecule has 0 bridgehead atoms. The number of methoxy groups -OCH3 is 1. The molecule has 10 heteroatoms. The molecule has 0 radical (unpaired) electrons. The second-order valence-corrected chi connectivity index (χ2v) is 5.99. The Morgan fingerprint density at radius 2 is 2.20 bits per heavy atom. The minimum absolute atomic E-state index is 0.0603. The maximum Gasteiger partial charge on any atom is 0.335 e. The Balaban J connectivity index is 2.43. The summed E-state index contributed by atoms with van der Waals surface area (Å²) in [6.45, 7) is 0. The minimum atomic E-state index is -3.91. The quantitative estimate of drug-likeness (QED) is 0.846. The summed E-state index contributed by atoms with van der Waals surface area (Å²) in [4.78, 5) is 10.7. The van der Waals surface area contributed by atoms with Gasteiger partial charge in [0, 0.05) is 11.5 Å². The van der Waals surface area contributed by atoms with Crippen LogP contribution in [0, 0.1) is 0 Å². The van der Waals surface area contributed by atoms with Crippen LogP contribution in [0.5, 0.6) is 5.75 Å². The van der Waals surface area contributed by atoms with Gasteiger partial charge in [0.2, 0.25) is 0 Å². The topological polar surface area (TPSA) is 118 Å². The van der Waals surface area contributed by atoms with Crippen molar-refractivity contribution >= 4 is 32.5 Å². The highest BCUT2D eigenvalue weighted by Gasteiger charge is 2.21. The number of nitrogens with zero attached hydrogens (tertiary/aromatic N) is 2. The zero-order valence-electron chi connectivity index (χ0n) is 10.1. The van der Waals surface area contributed by atoms with Gasteiger partial charge < -0.3 is 9.84 Å². The van der Waals surface area contributed by atoms with Crippen LogP contribution in [0.4, 0.5) is 5.00 Å². The van der Waals surface area contributed by atoms with E-state index in [1.165, 1.54) is 25.4 Å². The number of rotatable bonds is 5. The predicted molar refractivity (Wildman–Crippen MR) is 70.7 cm³/mol. The van der Waals surface area contributed by atoms with Gasteiger partial charge in [-0.15, -0.1) is 5.10 Å². The first kappa shape index (κ1) is 14.2. The fourth-order valence-electron chi connectivity index (χ4n) is 1.42. The third-order valence-corrected chi connectivity index (χ3v) is 4.41. The van der Waals surface area contributed by atoms with Crippen LogP contribution < -0.4 is 9.46 Å². The molecule has 0 atom stereocenters. The summed E-state index contributed by atoms with van der Waals surface area (Å²) < 4.78 is 35.1. The van der Waals surface area contributed by atoms with Gasteiger partial charge in [-0.25, -0.2) is 13.2 Å². The lowest BCUT2D eigenvalue weighted by Crippen LogP contribution is -2.14. The maximum atomic E-state index is 12.2. The van der Waals surface area contributed by atoms with Gasteiger partial charge >= 0.3 is 5.97 Å². The molecule has 1 aromatic carbocycles. The molecule has 0 aliphatic heterocycles. The van der Waals surface area contributed by atoms with Crippen LogP contribution in [-0.4, -0.2) is 36.2 Å². The molecule has 0 saturated heterocycles. The SMILES string of the molecule is COc1cc(C(=O)O)ccc1S(=O)(=O)Nc1cnns1. The summed E-state index contributed by atoms with van der Waals surface area (Å²) in [6, 6.07) is 3.49. The number of benzene rings is 1. The van der Waals surface area contributed by atoms with Crippen molar-refractivity contribution in [3.63, 3.8) is 0 Å². The molecule has 0 unspecified atom stereocenters. The minimum Gasteiger partial charge on any atom is -0.495 e. The highest BCUT2D eigenvalue weighted by molar-refractivity contribution is 7.93. The monoisotopic (exact) mass is 315 g/mol. The van der Waals surface area contributed by atoms with Crippen molar-refractivity contribution < 1.29 is 23.1 Å². The molecule has 2 rings (SSSR count). The highest BCUT2D eigenvalue weighted by Crippen LogP contribution is 2.27. The summed E-state index contributed by atoms with van der Waals surface area (Å²) in [6.07, 6.45) is 1.26. The third-order valence-electron chi connectivity index (χ3n) is 2.30. The number of carboxylic acids is 1. The summed E-state index contributed by atoms with van der Waals surface area (Å²) in [5.74, 6) is -1.23. The van der Waals surface area contributed by atoms with Gasteiger partial charge in [-0.2, -0.15) is 0 Å². The Kier molecular flexibility index (Phi) is 3.86. The van der Waals surface area contributed by atoms with Gasteiger partial charge in [-0.3, -0.25) is 4.72 Å². The molecule has 1 aromatic heterocycles. The van der Waals surface area contributed by atoms with Crippen molar-refractivity contribution in [2.45, 2.75) is 4.90 Å². The molecule has 2 aromatic rings. The number of anilines is 1. The summed E-state index contributed by atoms with van der Waals surface area (Å²) >= 11 is 0.880. The van der Waals surface area contributed by atoms with E-state index in [1.807, 2.05) is 0 Å². The van der Waals surface area contributed by atoms with E-state index in [1.54, 1.807) is 0 Å². The van der Waals surface area contributed by atoms with E-state index in [0.29, 0.717) is 0 Å². The normalized spacial score (nSPS) is 11.1. The number of hydrogen-bond acceptors (Lipinski definition) is 7.